The lowest BCUT2D eigenvalue weighted by molar-refractivity contribution is -0.0612. The van der Waals surface area contributed by atoms with Crippen molar-refractivity contribution >= 4 is 0 Å². The third-order valence-corrected chi connectivity index (χ3v) is 5.16. The summed E-state index contributed by atoms with van der Waals surface area (Å²) < 4.78 is 16.9. The summed E-state index contributed by atoms with van der Waals surface area (Å²) in [5, 5.41) is 0. The Bertz CT molecular complexity index is 523. The summed E-state index contributed by atoms with van der Waals surface area (Å²) in [6.07, 6.45) is 4.02. The van der Waals surface area contributed by atoms with Crippen molar-refractivity contribution in [3.05, 3.63) is 23.5 Å². The Hall–Kier alpha value is -1.17. The molecule has 1 aromatic rings. The molecule has 5 heteroatoms. The lowest BCUT2D eigenvalue weighted by Gasteiger charge is -2.40. The summed E-state index contributed by atoms with van der Waals surface area (Å²) in [6, 6.07) is 4.43. The smallest absolute Gasteiger partial charge is 0.122 e. The Balaban J connectivity index is 1.75. The van der Waals surface area contributed by atoms with Gasteiger partial charge in [0.05, 0.1) is 32.1 Å². The number of hydrogen-bond acceptors (Lipinski definition) is 5. The second-order valence-corrected chi connectivity index (χ2v) is 6.62. The first kappa shape index (κ1) is 16.7. The predicted octanol–water partition coefficient (Wildman–Crippen LogP) is 2.41. The van der Waals surface area contributed by atoms with Gasteiger partial charge >= 0.3 is 0 Å². The normalized spacial score (nSPS) is 28.9. The zero-order chi connectivity index (χ0) is 16.2. The van der Waals surface area contributed by atoms with Crippen LogP contribution in [0.1, 0.15) is 30.7 Å². The van der Waals surface area contributed by atoms with Crippen LogP contribution in [0.4, 0.5) is 0 Å². The van der Waals surface area contributed by atoms with Crippen LogP contribution in [0.3, 0.4) is 0 Å². The third kappa shape index (κ3) is 3.84. The highest BCUT2D eigenvalue weighted by atomic mass is 16.5. The van der Waals surface area contributed by atoms with Crippen molar-refractivity contribution < 1.29 is 14.2 Å². The fraction of sp³-hybridized carbons (Fsp3) is 0.722. The second-order valence-electron chi connectivity index (χ2n) is 6.62. The van der Waals surface area contributed by atoms with Gasteiger partial charge in [0.15, 0.2) is 0 Å². The SMILES string of the molecule is COc1cc(C)nc(CN2CCOC[C@@H]2[C@@H]2CCC[C@@H]2OC)c1. The van der Waals surface area contributed by atoms with Crippen molar-refractivity contribution in [3.8, 4) is 5.75 Å². The molecule has 2 aliphatic rings. The Labute approximate surface area is 138 Å². The van der Waals surface area contributed by atoms with Gasteiger partial charge in [-0.3, -0.25) is 9.88 Å². The van der Waals surface area contributed by atoms with E-state index >= 15 is 0 Å². The van der Waals surface area contributed by atoms with Gasteiger partial charge in [-0.05, 0) is 19.8 Å². The number of ether oxygens (including phenoxy) is 3. The summed E-state index contributed by atoms with van der Waals surface area (Å²) >= 11 is 0. The van der Waals surface area contributed by atoms with E-state index in [2.05, 4.69) is 9.88 Å². The topological polar surface area (TPSA) is 43.8 Å². The molecule has 0 unspecified atom stereocenters. The third-order valence-electron chi connectivity index (χ3n) is 5.16. The fourth-order valence-electron chi connectivity index (χ4n) is 4.05. The molecule has 5 nitrogen and oxygen atoms in total. The van der Waals surface area contributed by atoms with Gasteiger partial charge in [-0.1, -0.05) is 6.42 Å². The van der Waals surface area contributed by atoms with Gasteiger partial charge in [-0.25, -0.2) is 0 Å². The molecule has 2 heterocycles. The van der Waals surface area contributed by atoms with Gasteiger partial charge in [0.25, 0.3) is 0 Å². The Morgan fingerprint density at radius 3 is 2.96 bits per heavy atom. The molecule has 0 spiro atoms. The van der Waals surface area contributed by atoms with E-state index in [1.165, 1.54) is 19.3 Å². The number of aryl methyl sites for hydroxylation is 1. The van der Waals surface area contributed by atoms with Crippen LogP contribution in [0.15, 0.2) is 12.1 Å². The molecule has 0 aromatic carbocycles. The van der Waals surface area contributed by atoms with Crippen LogP contribution in [-0.4, -0.2) is 56.0 Å². The van der Waals surface area contributed by atoms with Gasteiger partial charge < -0.3 is 14.2 Å². The van der Waals surface area contributed by atoms with Gasteiger partial charge in [-0.15, -0.1) is 0 Å². The van der Waals surface area contributed by atoms with Crippen LogP contribution in [0.5, 0.6) is 5.75 Å². The predicted molar refractivity (Wildman–Crippen MR) is 88.7 cm³/mol. The minimum atomic E-state index is 0.365. The molecule has 1 aliphatic carbocycles. The van der Waals surface area contributed by atoms with Gasteiger partial charge in [-0.2, -0.15) is 0 Å². The van der Waals surface area contributed by atoms with Gasteiger partial charge in [0.1, 0.15) is 5.75 Å². The van der Waals surface area contributed by atoms with Crippen LogP contribution >= 0.6 is 0 Å². The lowest BCUT2D eigenvalue weighted by Crippen LogP contribution is -2.51. The Morgan fingerprint density at radius 1 is 1.30 bits per heavy atom. The van der Waals surface area contributed by atoms with Crippen LogP contribution in [0.2, 0.25) is 0 Å². The van der Waals surface area contributed by atoms with Crippen LogP contribution in [0, 0.1) is 12.8 Å². The number of pyridine rings is 1. The first-order valence-corrected chi connectivity index (χ1v) is 8.57. The van der Waals surface area contributed by atoms with Crippen molar-refractivity contribution in [1.82, 2.24) is 9.88 Å². The zero-order valence-electron chi connectivity index (χ0n) is 14.5. The molecule has 1 aliphatic heterocycles. The van der Waals surface area contributed by atoms with Crippen LogP contribution < -0.4 is 4.74 Å². The van der Waals surface area contributed by atoms with E-state index in [1.54, 1.807) is 7.11 Å². The number of methoxy groups -OCH3 is 2. The van der Waals surface area contributed by atoms with Crippen molar-refractivity contribution in [2.45, 2.75) is 44.9 Å². The van der Waals surface area contributed by atoms with E-state index in [1.807, 2.05) is 26.2 Å². The maximum atomic E-state index is 5.78. The van der Waals surface area contributed by atoms with E-state index in [0.29, 0.717) is 18.1 Å². The highest BCUT2D eigenvalue weighted by Gasteiger charge is 2.38. The van der Waals surface area contributed by atoms with E-state index in [-0.39, 0.29) is 0 Å². The van der Waals surface area contributed by atoms with Crippen LogP contribution in [0.25, 0.3) is 0 Å². The van der Waals surface area contributed by atoms with E-state index < -0.39 is 0 Å². The number of nitrogens with zero attached hydrogens (tertiary/aromatic N) is 2. The first-order valence-electron chi connectivity index (χ1n) is 8.57. The minimum Gasteiger partial charge on any atom is -0.497 e. The fourth-order valence-corrected chi connectivity index (χ4v) is 4.05. The molecular weight excluding hydrogens is 292 g/mol. The molecule has 1 saturated carbocycles. The second kappa shape index (κ2) is 7.60. The average Bonchev–Trinajstić information content (AvgIpc) is 3.03. The largest absolute Gasteiger partial charge is 0.497 e. The summed E-state index contributed by atoms with van der Waals surface area (Å²) in [5.41, 5.74) is 2.07. The molecule has 3 atom stereocenters. The maximum Gasteiger partial charge on any atom is 0.122 e. The van der Waals surface area contributed by atoms with Crippen LogP contribution in [-0.2, 0) is 16.0 Å². The van der Waals surface area contributed by atoms with E-state index in [4.69, 9.17) is 14.2 Å². The van der Waals surface area contributed by atoms with E-state index in [9.17, 15) is 0 Å². The maximum absolute atomic E-state index is 5.78. The number of morpholine rings is 1. The summed E-state index contributed by atoms with van der Waals surface area (Å²) in [4.78, 5) is 7.20. The van der Waals surface area contributed by atoms with Crippen molar-refractivity contribution in [1.29, 1.82) is 0 Å². The quantitative estimate of drug-likeness (QED) is 0.833. The summed E-state index contributed by atoms with van der Waals surface area (Å²) in [6.45, 7) is 5.41. The van der Waals surface area contributed by atoms with Crippen molar-refractivity contribution in [2.75, 3.05) is 34.0 Å². The summed E-state index contributed by atoms with van der Waals surface area (Å²) in [7, 11) is 3.54. The molecular formula is C18H28N2O3. The molecule has 128 valence electrons. The number of rotatable bonds is 5. The molecule has 0 N–H and O–H groups in total. The van der Waals surface area contributed by atoms with Crippen molar-refractivity contribution in [3.63, 3.8) is 0 Å². The monoisotopic (exact) mass is 320 g/mol. The lowest BCUT2D eigenvalue weighted by atomic mass is 9.94. The highest BCUT2D eigenvalue weighted by Crippen LogP contribution is 2.34. The highest BCUT2D eigenvalue weighted by molar-refractivity contribution is 5.26. The Kier molecular flexibility index (Phi) is 5.51. The molecule has 1 aromatic heterocycles. The summed E-state index contributed by atoms with van der Waals surface area (Å²) in [5.74, 6) is 1.44. The average molecular weight is 320 g/mol. The van der Waals surface area contributed by atoms with Gasteiger partial charge in [0, 0.05) is 50.0 Å². The molecule has 0 radical (unpaired) electrons. The molecule has 0 amide bonds. The zero-order valence-corrected chi connectivity index (χ0v) is 14.5. The molecule has 0 bridgehead atoms. The minimum absolute atomic E-state index is 0.365. The number of hydrogen-bond donors (Lipinski definition) is 0. The van der Waals surface area contributed by atoms with Gasteiger partial charge in [0.2, 0.25) is 0 Å². The Morgan fingerprint density at radius 2 is 2.17 bits per heavy atom. The van der Waals surface area contributed by atoms with E-state index in [0.717, 1.165) is 43.4 Å². The van der Waals surface area contributed by atoms with Crippen molar-refractivity contribution in [2.24, 2.45) is 5.92 Å². The number of aromatic nitrogens is 1. The molecule has 3 rings (SSSR count). The molecule has 1 saturated heterocycles. The first-order chi connectivity index (χ1) is 11.2. The molecule has 23 heavy (non-hydrogen) atoms. The standard InChI is InChI=1S/C18H28N2O3/c1-13-9-15(21-2)10-14(19-13)11-20-7-8-23-12-17(20)16-5-4-6-18(16)22-3/h9-10,16-18H,4-8,11-12H2,1-3H3/t16-,17+,18-/m0/s1. The molecule has 2 fully saturated rings.